The number of ether oxygens (including phenoxy) is 2. The van der Waals surface area contributed by atoms with Crippen LogP contribution in [0.1, 0.15) is 12.5 Å². The lowest BCUT2D eigenvalue weighted by atomic mass is 10.1. The van der Waals surface area contributed by atoms with Crippen LogP contribution in [0.3, 0.4) is 0 Å². The minimum absolute atomic E-state index is 0.0295. The van der Waals surface area contributed by atoms with Crippen LogP contribution < -0.4 is 19.7 Å². The number of nitrogens with one attached hydrogen (secondary N) is 1. The van der Waals surface area contributed by atoms with Gasteiger partial charge in [0.05, 0.1) is 17.3 Å². The van der Waals surface area contributed by atoms with E-state index in [1.807, 2.05) is 0 Å². The summed E-state index contributed by atoms with van der Waals surface area (Å²) in [5, 5.41) is 3.46. The van der Waals surface area contributed by atoms with Crippen molar-refractivity contribution in [2.24, 2.45) is 0 Å². The molecule has 1 N–H and O–H groups in total. The zero-order valence-electron chi connectivity index (χ0n) is 17.5. The lowest BCUT2D eigenvalue weighted by Crippen LogP contribution is -2.44. The van der Waals surface area contributed by atoms with Gasteiger partial charge in [-0.1, -0.05) is 41.4 Å². The molecule has 0 saturated heterocycles. The van der Waals surface area contributed by atoms with Crippen LogP contribution in [0.15, 0.2) is 60.7 Å². The number of nitrogens with zero attached hydrogens (tertiary/aromatic N) is 1. The largest absolute Gasteiger partial charge is 0.482 e. The number of carbonyl (C=O) groups excluding carboxylic acids is 2. The third kappa shape index (κ3) is 5.21. The predicted molar refractivity (Wildman–Crippen MR) is 125 cm³/mol. The summed E-state index contributed by atoms with van der Waals surface area (Å²) in [4.78, 5) is 26.6. The highest BCUT2D eigenvalue weighted by Crippen LogP contribution is 2.37. The van der Waals surface area contributed by atoms with E-state index in [-0.39, 0.29) is 24.1 Å². The highest BCUT2D eigenvalue weighted by molar-refractivity contribution is 6.35. The van der Waals surface area contributed by atoms with Crippen LogP contribution in [0.25, 0.3) is 0 Å². The third-order valence-electron chi connectivity index (χ3n) is 4.99. The van der Waals surface area contributed by atoms with Crippen molar-refractivity contribution in [3.05, 3.63) is 82.1 Å². The van der Waals surface area contributed by atoms with Crippen LogP contribution >= 0.6 is 23.2 Å². The number of carbonyl (C=O) groups is 2. The van der Waals surface area contributed by atoms with Crippen molar-refractivity contribution in [3.63, 3.8) is 0 Å². The van der Waals surface area contributed by atoms with Crippen molar-refractivity contribution >= 4 is 46.4 Å². The molecule has 2 amide bonds. The van der Waals surface area contributed by atoms with Gasteiger partial charge in [-0.3, -0.25) is 9.59 Å². The molecule has 0 radical (unpaired) electrons. The number of hydrogen-bond acceptors (Lipinski definition) is 4. The second kappa shape index (κ2) is 9.68. The van der Waals surface area contributed by atoms with Gasteiger partial charge in [-0.25, -0.2) is 4.39 Å². The fraction of sp³-hybridized carbons (Fsp3) is 0.167. The Morgan fingerprint density at radius 1 is 1.15 bits per heavy atom. The number of benzene rings is 3. The monoisotopic (exact) mass is 488 g/mol. The molecule has 1 aliphatic heterocycles. The fourth-order valence-electron chi connectivity index (χ4n) is 3.38. The summed E-state index contributed by atoms with van der Waals surface area (Å²) in [6.07, 6.45) is -0.720. The minimum Gasteiger partial charge on any atom is -0.482 e. The lowest BCUT2D eigenvalue weighted by Gasteiger charge is -2.33. The van der Waals surface area contributed by atoms with Crippen LogP contribution in [0.5, 0.6) is 11.5 Å². The van der Waals surface area contributed by atoms with Crippen molar-refractivity contribution in [3.8, 4) is 11.5 Å². The molecule has 1 unspecified atom stereocenters. The molecular formula is C24H19Cl2FN2O4. The van der Waals surface area contributed by atoms with Crippen molar-refractivity contribution in [2.75, 3.05) is 16.8 Å². The molecule has 0 aliphatic carbocycles. The average Bonchev–Trinajstić information content (AvgIpc) is 2.78. The van der Waals surface area contributed by atoms with Crippen LogP contribution in [0.4, 0.5) is 15.8 Å². The Morgan fingerprint density at radius 3 is 2.70 bits per heavy atom. The smallest absolute Gasteiger partial charge is 0.268 e. The van der Waals surface area contributed by atoms with Gasteiger partial charge in [-0.2, -0.15) is 0 Å². The van der Waals surface area contributed by atoms with Gasteiger partial charge in [0, 0.05) is 16.3 Å². The number of rotatable bonds is 6. The molecule has 0 spiro atoms. The van der Waals surface area contributed by atoms with Gasteiger partial charge in [-0.05, 0) is 49.4 Å². The highest BCUT2D eigenvalue weighted by Gasteiger charge is 2.32. The maximum atomic E-state index is 14.2. The first kappa shape index (κ1) is 22.9. The molecule has 3 aromatic rings. The number of anilines is 2. The SMILES string of the molecule is CC1Oc2ccc(NC(=O)COc3ccc(Cl)cc3Cl)cc2N(Cc2ccccc2F)C1=O. The van der Waals surface area contributed by atoms with E-state index in [9.17, 15) is 14.0 Å². The van der Waals surface area contributed by atoms with E-state index >= 15 is 0 Å². The van der Waals surface area contributed by atoms with E-state index in [4.69, 9.17) is 32.7 Å². The molecule has 0 bridgehead atoms. The average molecular weight is 489 g/mol. The summed E-state index contributed by atoms with van der Waals surface area (Å²) in [6.45, 7) is 1.38. The maximum absolute atomic E-state index is 14.2. The molecule has 1 heterocycles. The van der Waals surface area contributed by atoms with Gasteiger partial charge < -0.3 is 19.7 Å². The Hall–Kier alpha value is -3.29. The fourth-order valence-corrected chi connectivity index (χ4v) is 3.84. The van der Waals surface area contributed by atoms with E-state index < -0.39 is 17.8 Å². The number of amides is 2. The highest BCUT2D eigenvalue weighted by atomic mass is 35.5. The third-order valence-corrected chi connectivity index (χ3v) is 5.52. The second-order valence-electron chi connectivity index (χ2n) is 7.37. The van der Waals surface area contributed by atoms with E-state index in [2.05, 4.69) is 5.32 Å². The molecule has 1 aliphatic rings. The van der Waals surface area contributed by atoms with Gasteiger partial charge in [0.1, 0.15) is 17.3 Å². The molecule has 3 aromatic carbocycles. The molecule has 6 nitrogen and oxygen atoms in total. The summed E-state index contributed by atoms with van der Waals surface area (Å²) >= 11 is 11.9. The first-order chi connectivity index (χ1) is 15.8. The predicted octanol–water partition coefficient (Wildman–Crippen LogP) is 5.46. The molecule has 0 fully saturated rings. The van der Waals surface area contributed by atoms with E-state index in [1.54, 1.807) is 55.5 Å². The summed E-state index contributed by atoms with van der Waals surface area (Å²) in [5.41, 5.74) is 1.23. The molecular weight excluding hydrogens is 470 g/mol. The van der Waals surface area contributed by atoms with Crippen molar-refractivity contribution in [1.29, 1.82) is 0 Å². The van der Waals surface area contributed by atoms with E-state index in [1.165, 1.54) is 17.0 Å². The zero-order chi connectivity index (χ0) is 23.5. The van der Waals surface area contributed by atoms with Gasteiger partial charge in [0.15, 0.2) is 12.7 Å². The molecule has 0 saturated carbocycles. The zero-order valence-corrected chi connectivity index (χ0v) is 19.0. The number of hydrogen-bond donors (Lipinski definition) is 1. The Bertz CT molecular complexity index is 1220. The Kier molecular flexibility index (Phi) is 6.72. The van der Waals surface area contributed by atoms with Gasteiger partial charge in [0.2, 0.25) is 0 Å². The second-order valence-corrected chi connectivity index (χ2v) is 8.21. The molecule has 33 heavy (non-hydrogen) atoms. The maximum Gasteiger partial charge on any atom is 0.268 e. The number of fused-ring (bicyclic) bond motifs is 1. The topological polar surface area (TPSA) is 67.9 Å². The molecule has 9 heteroatoms. The van der Waals surface area contributed by atoms with Gasteiger partial charge in [0.25, 0.3) is 11.8 Å². The Morgan fingerprint density at radius 2 is 1.94 bits per heavy atom. The number of halogens is 3. The van der Waals surface area contributed by atoms with Crippen LogP contribution in [-0.2, 0) is 16.1 Å². The Balaban J connectivity index is 1.51. The van der Waals surface area contributed by atoms with E-state index in [0.717, 1.165) is 0 Å². The summed E-state index contributed by atoms with van der Waals surface area (Å²) in [6, 6.07) is 15.8. The van der Waals surface area contributed by atoms with Crippen molar-refractivity contribution in [1.82, 2.24) is 0 Å². The lowest BCUT2D eigenvalue weighted by molar-refractivity contribution is -0.125. The van der Waals surface area contributed by atoms with E-state index in [0.29, 0.717) is 33.5 Å². The normalized spacial score (nSPS) is 15.0. The van der Waals surface area contributed by atoms with Crippen LogP contribution in [0.2, 0.25) is 10.0 Å². The molecule has 0 aromatic heterocycles. The molecule has 1 atom stereocenters. The summed E-state index contributed by atoms with van der Waals surface area (Å²) in [7, 11) is 0. The standard InChI is InChI=1S/C24H19Cl2FN2O4/c1-14-24(31)29(12-15-4-2-3-5-19(15)27)20-11-17(7-9-22(20)33-14)28-23(30)13-32-21-8-6-16(25)10-18(21)26/h2-11,14H,12-13H2,1H3,(H,28,30). The quantitative estimate of drug-likeness (QED) is 0.499. The molecule has 170 valence electrons. The first-order valence-corrected chi connectivity index (χ1v) is 10.8. The molecule has 4 rings (SSSR count). The van der Waals surface area contributed by atoms with Crippen molar-refractivity contribution in [2.45, 2.75) is 19.6 Å². The van der Waals surface area contributed by atoms with Crippen LogP contribution in [-0.4, -0.2) is 24.5 Å². The summed E-state index contributed by atoms with van der Waals surface area (Å²) in [5.74, 6) is -0.368. The summed E-state index contributed by atoms with van der Waals surface area (Å²) < 4.78 is 25.3. The van der Waals surface area contributed by atoms with Gasteiger partial charge >= 0.3 is 0 Å². The van der Waals surface area contributed by atoms with Crippen molar-refractivity contribution < 1.29 is 23.5 Å². The minimum atomic E-state index is -0.720. The van der Waals surface area contributed by atoms with Gasteiger partial charge in [-0.15, -0.1) is 0 Å². The first-order valence-electron chi connectivity index (χ1n) is 10.0. The Labute approximate surface area is 199 Å². The van der Waals surface area contributed by atoms with Crippen LogP contribution in [0, 0.1) is 5.82 Å².